The van der Waals surface area contributed by atoms with Gasteiger partial charge in [-0.05, 0) is 60.7 Å². The number of carbonyl (C=O) groups excluding carboxylic acids is 1. The van der Waals surface area contributed by atoms with E-state index in [0.717, 1.165) is 6.07 Å². The van der Waals surface area contributed by atoms with Crippen LogP contribution >= 0.6 is 0 Å². The van der Waals surface area contributed by atoms with Crippen LogP contribution in [0.5, 0.6) is 0 Å². The third kappa shape index (κ3) is 2.40. The highest BCUT2D eigenvalue weighted by Gasteiger charge is 2.30. The molecule has 0 fully saturated rings. The van der Waals surface area contributed by atoms with Gasteiger partial charge in [0.2, 0.25) is 5.78 Å². The Morgan fingerprint density at radius 3 is 2.32 bits per heavy atom. The normalized spacial score (nSPS) is 12.1. The van der Waals surface area contributed by atoms with Crippen LogP contribution in [0.15, 0.2) is 65.5 Å². The molecule has 0 bridgehead atoms. The molecule has 0 amide bonds. The number of ketones is 1. The zero-order valence-electron chi connectivity index (χ0n) is 14.2. The summed E-state index contributed by atoms with van der Waals surface area (Å²) < 4.78 is 27.8. The van der Waals surface area contributed by atoms with Crippen molar-refractivity contribution >= 4 is 28.1 Å². The lowest BCUT2D eigenvalue weighted by Gasteiger charge is -2.09. The molecule has 0 unspecified atom stereocenters. The van der Waals surface area contributed by atoms with Gasteiger partial charge in [-0.2, -0.15) is 0 Å². The Labute approximate surface area is 156 Å². The number of fused-ring (bicyclic) bond motifs is 4. The highest BCUT2D eigenvalue weighted by Crippen LogP contribution is 2.28. The fraction of sp³-hybridized carbons (Fsp3) is 0. The van der Waals surface area contributed by atoms with Crippen molar-refractivity contribution in [3.05, 3.63) is 94.0 Å². The second-order valence-electron chi connectivity index (χ2n) is 6.43. The maximum Gasteiger partial charge on any atom is 0.266 e. The van der Waals surface area contributed by atoms with Crippen LogP contribution in [-0.2, 0) is 0 Å². The van der Waals surface area contributed by atoms with Crippen molar-refractivity contribution in [3.8, 4) is 5.69 Å². The van der Waals surface area contributed by atoms with E-state index in [9.17, 15) is 18.4 Å². The molecular weight excluding hydrogens is 364 g/mol. The van der Waals surface area contributed by atoms with Crippen LogP contribution in [0.25, 0.3) is 16.6 Å². The van der Waals surface area contributed by atoms with E-state index in [2.05, 4.69) is 10.3 Å². The molecule has 0 aliphatic carbocycles. The number of hydrogen-bond donors (Lipinski definition) is 1. The van der Waals surface area contributed by atoms with E-state index >= 15 is 0 Å². The maximum atomic E-state index is 13.5. The predicted molar refractivity (Wildman–Crippen MR) is 100 cm³/mol. The van der Waals surface area contributed by atoms with Crippen LogP contribution in [0.1, 0.15) is 16.2 Å². The monoisotopic (exact) mass is 375 g/mol. The average Bonchev–Trinajstić information content (AvgIpc) is 2.96. The van der Waals surface area contributed by atoms with Crippen molar-refractivity contribution < 1.29 is 13.6 Å². The molecule has 3 aromatic carbocycles. The predicted octanol–water partition coefficient (Wildman–Crippen LogP) is 3.95. The van der Waals surface area contributed by atoms with Gasteiger partial charge in [0.1, 0.15) is 11.6 Å². The Balaban J connectivity index is 1.64. The molecule has 136 valence electrons. The van der Waals surface area contributed by atoms with Crippen LogP contribution in [0.2, 0.25) is 0 Å². The van der Waals surface area contributed by atoms with E-state index in [4.69, 9.17) is 0 Å². The number of halogens is 2. The molecule has 5 rings (SSSR count). The molecule has 1 N–H and O–H groups in total. The van der Waals surface area contributed by atoms with Gasteiger partial charge in [0.15, 0.2) is 5.82 Å². The summed E-state index contributed by atoms with van der Waals surface area (Å²) in [6.07, 6.45) is 0. The topological polar surface area (TPSA) is 64.0 Å². The Hall–Kier alpha value is -3.87. The number of rotatable bonds is 2. The highest BCUT2D eigenvalue weighted by atomic mass is 19.1. The van der Waals surface area contributed by atoms with Crippen molar-refractivity contribution in [2.75, 3.05) is 5.32 Å². The summed E-state index contributed by atoms with van der Waals surface area (Å²) in [6, 6.07) is 14.5. The van der Waals surface area contributed by atoms with Crippen molar-refractivity contribution in [2.24, 2.45) is 0 Å². The average molecular weight is 375 g/mol. The van der Waals surface area contributed by atoms with Gasteiger partial charge < -0.3 is 5.32 Å². The Morgan fingerprint density at radius 1 is 0.821 bits per heavy atom. The molecule has 4 aromatic rings. The lowest BCUT2D eigenvalue weighted by molar-refractivity contribution is 0.103. The van der Waals surface area contributed by atoms with Gasteiger partial charge in [0.05, 0.1) is 22.2 Å². The van der Waals surface area contributed by atoms with Crippen molar-refractivity contribution in [3.63, 3.8) is 0 Å². The molecular formula is C21H11F2N3O2. The summed E-state index contributed by atoms with van der Waals surface area (Å²) in [6.45, 7) is 0. The smallest absolute Gasteiger partial charge is 0.266 e. The van der Waals surface area contributed by atoms with Gasteiger partial charge in [-0.3, -0.25) is 14.2 Å². The molecule has 0 atom stereocenters. The first-order valence-corrected chi connectivity index (χ1v) is 8.45. The van der Waals surface area contributed by atoms with Gasteiger partial charge >= 0.3 is 0 Å². The third-order valence-electron chi connectivity index (χ3n) is 4.65. The van der Waals surface area contributed by atoms with Crippen LogP contribution in [-0.4, -0.2) is 15.3 Å². The van der Waals surface area contributed by atoms with Gasteiger partial charge in [-0.25, -0.2) is 13.8 Å². The molecule has 1 aromatic heterocycles. The summed E-state index contributed by atoms with van der Waals surface area (Å²) in [5, 5.41) is 3.43. The second kappa shape index (κ2) is 5.82. The number of aromatic nitrogens is 2. The number of benzene rings is 3. The summed E-state index contributed by atoms with van der Waals surface area (Å²) in [5.74, 6) is -1.44. The van der Waals surface area contributed by atoms with Crippen LogP contribution in [0, 0.1) is 11.6 Å². The van der Waals surface area contributed by atoms with Crippen LogP contribution in [0.4, 0.5) is 20.2 Å². The minimum absolute atomic E-state index is 0.0444. The molecule has 2 heterocycles. The molecule has 5 nitrogen and oxygen atoms in total. The number of anilines is 2. The minimum Gasteiger partial charge on any atom is -0.355 e. The number of carbonyl (C=O) groups is 1. The summed E-state index contributed by atoms with van der Waals surface area (Å²) in [7, 11) is 0. The SMILES string of the molecule is O=C1c2cc(F)ccc2-n2c1nc1cc(Nc3ccc(F)cc3)ccc1c2=O. The maximum absolute atomic E-state index is 13.5. The summed E-state index contributed by atoms with van der Waals surface area (Å²) >= 11 is 0. The molecule has 7 heteroatoms. The first kappa shape index (κ1) is 16.3. The van der Waals surface area contributed by atoms with Crippen molar-refractivity contribution in [1.29, 1.82) is 0 Å². The standard InChI is InChI=1S/C21H11F2N3O2/c22-11-1-4-13(5-2-11)24-14-6-7-15-17(10-14)25-20-19(27)16-9-12(23)3-8-18(16)26(20)21(15)28/h1-10,24H. The number of nitrogens with zero attached hydrogens (tertiary/aromatic N) is 2. The first-order chi connectivity index (χ1) is 13.5. The van der Waals surface area contributed by atoms with Gasteiger partial charge in [0, 0.05) is 11.4 Å². The van der Waals surface area contributed by atoms with Gasteiger partial charge in [-0.15, -0.1) is 0 Å². The molecule has 1 aliphatic heterocycles. The molecule has 28 heavy (non-hydrogen) atoms. The van der Waals surface area contributed by atoms with E-state index in [0.29, 0.717) is 28.0 Å². The lowest BCUT2D eigenvalue weighted by atomic mass is 10.1. The molecule has 0 radical (unpaired) electrons. The van der Waals surface area contributed by atoms with Crippen molar-refractivity contribution in [1.82, 2.24) is 9.55 Å². The molecule has 1 aliphatic rings. The summed E-state index contributed by atoms with van der Waals surface area (Å²) in [5.41, 5.74) is 1.68. The van der Waals surface area contributed by atoms with E-state index in [1.807, 2.05) is 0 Å². The highest BCUT2D eigenvalue weighted by molar-refractivity contribution is 6.13. The van der Waals surface area contributed by atoms with Gasteiger partial charge in [-0.1, -0.05) is 0 Å². The summed E-state index contributed by atoms with van der Waals surface area (Å²) in [4.78, 5) is 29.9. The minimum atomic E-state index is -0.553. The third-order valence-corrected chi connectivity index (χ3v) is 4.65. The van der Waals surface area contributed by atoms with E-state index in [1.54, 1.807) is 30.3 Å². The van der Waals surface area contributed by atoms with E-state index in [1.165, 1.54) is 28.8 Å². The fourth-order valence-electron chi connectivity index (χ4n) is 3.34. The quantitative estimate of drug-likeness (QED) is 0.507. The van der Waals surface area contributed by atoms with Gasteiger partial charge in [0.25, 0.3) is 5.56 Å². The van der Waals surface area contributed by atoms with Crippen LogP contribution in [0.3, 0.4) is 0 Å². The second-order valence-corrected chi connectivity index (χ2v) is 6.43. The fourth-order valence-corrected chi connectivity index (χ4v) is 3.34. The number of nitrogens with one attached hydrogen (secondary N) is 1. The molecule has 0 spiro atoms. The molecule has 0 saturated heterocycles. The Morgan fingerprint density at radius 2 is 1.54 bits per heavy atom. The van der Waals surface area contributed by atoms with E-state index in [-0.39, 0.29) is 17.2 Å². The zero-order valence-corrected chi connectivity index (χ0v) is 14.2. The molecule has 0 saturated carbocycles. The largest absolute Gasteiger partial charge is 0.355 e. The van der Waals surface area contributed by atoms with E-state index < -0.39 is 17.2 Å². The van der Waals surface area contributed by atoms with Crippen molar-refractivity contribution in [2.45, 2.75) is 0 Å². The number of hydrogen-bond acceptors (Lipinski definition) is 4. The zero-order chi connectivity index (χ0) is 19.4. The first-order valence-electron chi connectivity index (χ1n) is 8.45. The Bertz CT molecular complexity index is 1340. The van der Waals surface area contributed by atoms with Crippen LogP contribution < -0.4 is 10.9 Å². The lowest BCUT2D eigenvalue weighted by Crippen LogP contribution is -2.21. The Kier molecular flexibility index (Phi) is 3.39.